The lowest BCUT2D eigenvalue weighted by Crippen LogP contribution is -2.10. The van der Waals surface area contributed by atoms with Crippen LogP contribution in [-0.2, 0) is 0 Å². The Hall–Kier alpha value is -17.2. The predicted molar refractivity (Wildman–Crippen MR) is 554 cm³/mol. The molecule has 610 valence electrons. The Labute approximate surface area is 757 Å². The molecule has 0 aliphatic heterocycles. The van der Waals surface area contributed by atoms with Crippen molar-refractivity contribution in [3.63, 3.8) is 0 Å². The Morgan fingerprint density at radius 1 is 0.0769 bits per heavy atom. The van der Waals surface area contributed by atoms with Gasteiger partial charge >= 0.3 is 0 Å². The molecular weight excluding hydrogens is 1570 g/mol. The zero-order chi connectivity index (χ0) is 86.2. The number of hydrogen-bond acceptors (Lipinski definition) is 4. The Bertz CT molecular complexity index is 7980. The van der Waals surface area contributed by atoms with Crippen LogP contribution in [0.3, 0.4) is 0 Å². The first-order valence-corrected chi connectivity index (χ1v) is 44.6. The highest BCUT2D eigenvalue weighted by Crippen LogP contribution is 2.47. The van der Waals surface area contributed by atoms with Gasteiger partial charge in [-0.05, 0) is 311 Å². The van der Waals surface area contributed by atoms with Crippen LogP contribution in [-0.4, -0.2) is 0 Å². The van der Waals surface area contributed by atoms with Gasteiger partial charge in [0.1, 0.15) is 0 Å². The maximum Gasteiger partial charge on any atom is 0.0467 e. The van der Waals surface area contributed by atoms with Crippen LogP contribution in [0.25, 0.3) is 154 Å². The number of benzene rings is 23. The van der Waals surface area contributed by atoms with Gasteiger partial charge in [-0.15, -0.1) is 0 Å². The van der Waals surface area contributed by atoms with Gasteiger partial charge in [-0.2, -0.15) is 0 Å². The molecule has 0 amide bonds. The summed E-state index contributed by atoms with van der Waals surface area (Å²) in [6.45, 7) is 0. The Balaban J connectivity index is 0.469. The summed E-state index contributed by atoms with van der Waals surface area (Å²) < 4.78 is 0. The number of fused-ring (bicyclic) bond motifs is 12. The van der Waals surface area contributed by atoms with Crippen LogP contribution in [0.2, 0.25) is 0 Å². The molecule has 0 bridgehead atoms. The summed E-state index contributed by atoms with van der Waals surface area (Å²) in [6.07, 6.45) is 0. The van der Waals surface area contributed by atoms with Gasteiger partial charge in [-0.3, -0.25) is 0 Å². The lowest BCUT2D eigenvalue weighted by atomic mass is 9.92. The molecule has 0 saturated carbocycles. The van der Waals surface area contributed by atoms with Crippen molar-refractivity contribution in [2.24, 2.45) is 0 Å². The van der Waals surface area contributed by atoms with Crippen LogP contribution in [0.5, 0.6) is 0 Å². The van der Waals surface area contributed by atoms with Crippen molar-refractivity contribution in [1.82, 2.24) is 0 Å². The maximum atomic E-state index is 2.38. The number of para-hydroxylation sites is 3. The molecule has 4 heteroatoms. The van der Waals surface area contributed by atoms with Gasteiger partial charge in [-0.1, -0.05) is 364 Å². The van der Waals surface area contributed by atoms with Gasteiger partial charge in [0.15, 0.2) is 0 Å². The molecular formula is C126H86N4. The smallest absolute Gasteiger partial charge is 0.0467 e. The van der Waals surface area contributed by atoms with E-state index in [-0.39, 0.29) is 0 Å². The minimum atomic E-state index is 1.07. The van der Waals surface area contributed by atoms with E-state index < -0.39 is 0 Å². The molecule has 23 aromatic carbocycles. The van der Waals surface area contributed by atoms with Crippen LogP contribution < -0.4 is 19.6 Å². The average Bonchev–Trinajstić information content (AvgIpc) is 0.743. The summed E-state index contributed by atoms with van der Waals surface area (Å²) >= 11 is 0. The zero-order valence-electron chi connectivity index (χ0n) is 71.4. The summed E-state index contributed by atoms with van der Waals surface area (Å²) in [7, 11) is 0. The number of nitrogens with zero attached hydrogens (tertiary/aromatic N) is 4. The largest absolute Gasteiger partial charge is 0.311 e. The molecule has 0 saturated heterocycles. The van der Waals surface area contributed by atoms with Crippen molar-refractivity contribution in [2.75, 3.05) is 19.6 Å². The van der Waals surface area contributed by atoms with E-state index in [0.717, 1.165) is 129 Å². The van der Waals surface area contributed by atoms with E-state index in [0.29, 0.717) is 0 Å². The van der Waals surface area contributed by atoms with Crippen LogP contribution in [0.4, 0.5) is 68.2 Å². The summed E-state index contributed by atoms with van der Waals surface area (Å²) in [5, 5.41) is 15.3. The molecule has 23 rings (SSSR count). The van der Waals surface area contributed by atoms with E-state index in [2.05, 4.69) is 541 Å². The molecule has 0 unspecified atom stereocenters. The summed E-state index contributed by atoms with van der Waals surface area (Å²) in [4.78, 5) is 9.41. The van der Waals surface area contributed by atoms with E-state index in [1.54, 1.807) is 0 Å². The molecule has 0 atom stereocenters. The molecule has 0 aliphatic carbocycles. The van der Waals surface area contributed by atoms with Gasteiger partial charge in [-0.25, -0.2) is 0 Å². The molecule has 0 aromatic heterocycles. The number of rotatable bonds is 20. The van der Waals surface area contributed by atoms with Crippen molar-refractivity contribution < 1.29 is 0 Å². The van der Waals surface area contributed by atoms with E-state index in [9.17, 15) is 0 Å². The zero-order valence-corrected chi connectivity index (χ0v) is 71.4. The van der Waals surface area contributed by atoms with Crippen molar-refractivity contribution >= 4 is 133 Å². The molecule has 0 heterocycles. The molecule has 23 aromatic rings. The van der Waals surface area contributed by atoms with Crippen molar-refractivity contribution in [2.45, 2.75) is 0 Å². The SMILES string of the molecule is c1ccc(-c2ccc(N(c3ccc(-c4ccc(-c5ccc(-c6ccc(N(c7ccccc7)c7ccc(-c8ccc(N(c9ccccc9)c9cccc(-c%10ccc%11c%12ccccc%12c%12ccccc%12c%11c%10)c9)cc8)cc7)cc6)cc5)cc4)cc3)c3ccc(-c4ccc(N(c5ccccc5)c5cccc(-c6ccc7c8ccccc8c8ccccc8c7c6)c5)cc4)cc3)cc2)cc1. The Kier molecular flexibility index (Phi) is 20.3. The molecule has 4 nitrogen and oxygen atoms in total. The molecule has 0 fully saturated rings. The maximum absolute atomic E-state index is 2.38. The highest BCUT2D eigenvalue weighted by Gasteiger charge is 2.22. The monoisotopic (exact) mass is 1650 g/mol. The topological polar surface area (TPSA) is 13.0 Å². The van der Waals surface area contributed by atoms with E-state index in [1.807, 2.05) is 0 Å². The summed E-state index contributed by atoms with van der Waals surface area (Å²) in [5.74, 6) is 0. The van der Waals surface area contributed by atoms with Gasteiger partial charge in [0.25, 0.3) is 0 Å². The normalized spacial score (nSPS) is 11.4. The fourth-order valence-electron chi connectivity index (χ4n) is 19.3. The molecule has 0 spiro atoms. The third-order valence-electron chi connectivity index (χ3n) is 25.8. The average molecular weight is 1660 g/mol. The molecule has 0 radical (unpaired) electrons. The lowest BCUT2D eigenvalue weighted by Gasteiger charge is -2.27. The standard InChI is InChI=1S/C126H86N4/c1-5-23-87(24-6-1)92-51-67-108(68-52-92)128(110-75-59-96(60-76-110)98-63-79-112(80-64-98)130(105-31-11-4-12-32-105)114-34-22-26-100(84-114)102-66-82-124-120-40-16-14-36-116(120)118-38-18-20-42-122(118)126(124)86-102)109-73-55-94(56-74-109)91-49-45-89(46-50-91)88-43-47-90(48-44-88)93-53-69-106(70-54-93)127(103-27-7-2-8-28-103)107-71-57-95(58-72-107)97-61-77-111(78-62-97)129(104-29-9-3-10-30-104)113-33-21-25-99(83-113)101-65-81-123-119-39-15-13-35-115(119)117-37-17-19-41-121(117)125(123)85-101/h1-86H. The van der Waals surface area contributed by atoms with Crippen molar-refractivity contribution in [3.05, 3.63) is 522 Å². The first-order valence-electron chi connectivity index (χ1n) is 44.6. The fraction of sp³-hybridized carbons (Fsp3) is 0. The predicted octanol–water partition coefficient (Wildman–Crippen LogP) is 35.8. The number of anilines is 12. The summed E-state index contributed by atoms with van der Waals surface area (Å²) in [6, 6.07) is 190. The van der Waals surface area contributed by atoms with E-state index in [4.69, 9.17) is 0 Å². The molecule has 0 N–H and O–H groups in total. The minimum absolute atomic E-state index is 1.07. The van der Waals surface area contributed by atoms with Crippen LogP contribution in [0, 0.1) is 0 Å². The van der Waals surface area contributed by atoms with Gasteiger partial charge in [0, 0.05) is 68.2 Å². The third-order valence-corrected chi connectivity index (χ3v) is 25.8. The fourth-order valence-corrected chi connectivity index (χ4v) is 19.3. The van der Waals surface area contributed by atoms with Crippen molar-refractivity contribution in [1.29, 1.82) is 0 Å². The first-order chi connectivity index (χ1) is 64.4. The third kappa shape index (κ3) is 15.0. The van der Waals surface area contributed by atoms with Crippen LogP contribution in [0.15, 0.2) is 522 Å². The van der Waals surface area contributed by atoms with Gasteiger partial charge in [0.2, 0.25) is 0 Å². The van der Waals surface area contributed by atoms with Crippen LogP contribution in [0.1, 0.15) is 0 Å². The summed E-state index contributed by atoms with van der Waals surface area (Å²) in [5.41, 5.74) is 31.5. The van der Waals surface area contributed by atoms with Crippen molar-refractivity contribution in [3.8, 4) is 89.0 Å². The van der Waals surface area contributed by atoms with Gasteiger partial charge in [0.05, 0.1) is 0 Å². The number of hydrogen-bond donors (Lipinski definition) is 0. The highest BCUT2D eigenvalue weighted by atomic mass is 15.2. The first kappa shape index (κ1) is 77.6. The second-order valence-corrected chi connectivity index (χ2v) is 33.5. The molecule has 130 heavy (non-hydrogen) atoms. The Morgan fingerprint density at radius 3 is 0.446 bits per heavy atom. The minimum Gasteiger partial charge on any atom is -0.311 e. The lowest BCUT2D eigenvalue weighted by molar-refractivity contribution is 1.28. The Morgan fingerprint density at radius 2 is 0.215 bits per heavy atom. The van der Waals surface area contributed by atoms with Crippen LogP contribution >= 0.6 is 0 Å². The highest BCUT2D eigenvalue weighted by molar-refractivity contribution is 6.27. The van der Waals surface area contributed by atoms with E-state index >= 15 is 0 Å². The van der Waals surface area contributed by atoms with Gasteiger partial charge < -0.3 is 19.6 Å². The molecule has 0 aliphatic rings. The van der Waals surface area contributed by atoms with E-state index in [1.165, 1.54) is 92.5 Å². The quantitative estimate of drug-likeness (QED) is 0.0705. The second-order valence-electron chi connectivity index (χ2n) is 33.5. The second kappa shape index (κ2) is 34.1.